The maximum Gasteiger partial charge on any atom is 0.266 e. The number of nitrogens with zero attached hydrogens (tertiary/aromatic N) is 2. The van der Waals surface area contributed by atoms with Crippen LogP contribution in [-0.4, -0.2) is 45.9 Å². The number of anilines is 2. The first-order valence-corrected chi connectivity index (χ1v) is 12.4. The molecule has 2 amide bonds. The van der Waals surface area contributed by atoms with Crippen molar-refractivity contribution in [3.05, 3.63) is 72.3 Å². The van der Waals surface area contributed by atoms with Gasteiger partial charge in [0, 0.05) is 11.6 Å². The molecular weight excluding hydrogens is 488 g/mol. The molecule has 9 nitrogen and oxygen atoms in total. The zero-order valence-electron chi connectivity index (χ0n) is 21.7. The Balaban J connectivity index is 1.58. The van der Waals surface area contributed by atoms with E-state index >= 15 is 0 Å². The third-order valence-electron chi connectivity index (χ3n) is 6.75. The summed E-state index contributed by atoms with van der Waals surface area (Å²) in [6.45, 7) is 2.61. The number of benzene rings is 3. The molecule has 38 heavy (non-hydrogen) atoms. The molecule has 2 saturated heterocycles. The second-order valence-electron chi connectivity index (χ2n) is 8.96. The lowest BCUT2D eigenvalue weighted by atomic mass is 9.89. The van der Waals surface area contributed by atoms with Gasteiger partial charge in [-0.25, -0.2) is 9.96 Å². The molecule has 2 fully saturated rings. The van der Waals surface area contributed by atoms with Crippen molar-refractivity contribution < 1.29 is 33.4 Å². The van der Waals surface area contributed by atoms with Crippen LogP contribution >= 0.6 is 0 Å². The number of para-hydroxylation sites is 1. The first-order chi connectivity index (χ1) is 18.5. The molecule has 0 unspecified atom stereocenters. The fourth-order valence-electron chi connectivity index (χ4n) is 4.98. The van der Waals surface area contributed by atoms with Gasteiger partial charge in [0.25, 0.3) is 5.91 Å². The second-order valence-corrected chi connectivity index (χ2v) is 8.96. The van der Waals surface area contributed by atoms with Gasteiger partial charge in [-0.15, -0.1) is 0 Å². The third kappa shape index (κ3) is 4.28. The number of carbonyl (C=O) groups is 2. The fraction of sp³-hybridized carbons (Fsp3) is 0.310. The Kier molecular flexibility index (Phi) is 7.11. The van der Waals surface area contributed by atoms with E-state index < -0.39 is 24.0 Å². The van der Waals surface area contributed by atoms with Crippen molar-refractivity contribution >= 4 is 23.2 Å². The number of fused-ring (bicyclic) bond motifs is 1. The van der Waals surface area contributed by atoms with Gasteiger partial charge in [0.05, 0.1) is 39.3 Å². The Bertz CT molecular complexity index is 1310. The fourth-order valence-corrected chi connectivity index (χ4v) is 4.98. The molecular formula is C29H30N2O7. The molecule has 0 aliphatic carbocycles. The lowest BCUT2D eigenvalue weighted by Crippen LogP contribution is -2.37. The van der Waals surface area contributed by atoms with E-state index in [9.17, 15) is 9.59 Å². The standard InChI is InChI=1S/C29H30N2O7/c1-5-15-37-20-13-11-18(12-14-20)30-28(32)25-26(21-16-23(35-3)24(36-4)17-22(21)34-2)31(38-27(25)29(30)33)19-9-7-6-8-10-19/h6-14,16-17,25-27H,5,15H2,1-4H3/t25-,26+,27-/m0/s1. The maximum absolute atomic E-state index is 14.0. The molecule has 0 aromatic heterocycles. The predicted molar refractivity (Wildman–Crippen MR) is 141 cm³/mol. The summed E-state index contributed by atoms with van der Waals surface area (Å²) in [6, 6.07) is 19.1. The van der Waals surface area contributed by atoms with Gasteiger partial charge in [0.1, 0.15) is 23.5 Å². The summed E-state index contributed by atoms with van der Waals surface area (Å²) in [5.41, 5.74) is 1.80. The van der Waals surface area contributed by atoms with Crippen LogP contribution < -0.4 is 28.9 Å². The zero-order chi connectivity index (χ0) is 26.8. The molecule has 0 N–H and O–H groups in total. The van der Waals surface area contributed by atoms with Gasteiger partial charge in [-0.05, 0) is 48.9 Å². The quantitative estimate of drug-likeness (QED) is 0.382. The average molecular weight is 519 g/mol. The molecule has 0 radical (unpaired) electrons. The van der Waals surface area contributed by atoms with Gasteiger partial charge < -0.3 is 18.9 Å². The van der Waals surface area contributed by atoms with Crippen molar-refractivity contribution in [2.75, 3.05) is 37.9 Å². The number of carbonyl (C=O) groups excluding carboxylic acids is 2. The monoisotopic (exact) mass is 518 g/mol. The number of amides is 2. The van der Waals surface area contributed by atoms with Gasteiger partial charge >= 0.3 is 0 Å². The number of methoxy groups -OCH3 is 3. The minimum Gasteiger partial charge on any atom is -0.496 e. The SMILES string of the molecule is CCCOc1ccc(N2C(=O)[C@@H]3[C@H](ON(c4ccccc4)[C@@H]3c3cc(OC)c(OC)cc3OC)C2=O)cc1. The summed E-state index contributed by atoms with van der Waals surface area (Å²) in [5.74, 6) is 0.494. The van der Waals surface area contributed by atoms with Crippen LogP contribution in [0.2, 0.25) is 0 Å². The summed E-state index contributed by atoms with van der Waals surface area (Å²) < 4.78 is 22.4. The Morgan fingerprint density at radius 2 is 1.45 bits per heavy atom. The van der Waals surface area contributed by atoms with Crippen molar-refractivity contribution in [3.8, 4) is 23.0 Å². The minimum absolute atomic E-state index is 0.359. The van der Waals surface area contributed by atoms with Crippen LogP contribution in [0.25, 0.3) is 0 Å². The van der Waals surface area contributed by atoms with Crippen LogP contribution in [0, 0.1) is 5.92 Å². The van der Waals surface area contributed by atoms with Crippen LogP contribution in [0.1, 0.15) is 24.9 Å². The zero-order valence-corrected chi connectivity index (χ0v) is 21.7. The van der Waals surface area contributed by atoms with Gasteiger partial charge in [-0.2, -0.15) is 0 Å². The van der Waals surface area contributed by atoms with E-state index in [1.807, 2.05) is 37.3 Å². The average Bonchev–Trinajstić information content (AvgIpc) is 3.47. The highest BCUT2D eigenvalue weighted by Crippen LogP contribution is 2.51. The van der Waals surface area contributed by atoms with Gasteiger partial charge in [-0.3, -0.25) is 14.4 Å². The molecule has 2 aliphatic rings. The highest BCUT2D eigenvalue weighted by molar-refractivity contribution is 6.24. The molecule has 198 valence electrons. The molecule has 3 aromatic rings. The molecule has 0 saturated carbocycles. The summed E-state index contributed by atoms with van der Waals surface area (Å²) in [7, 11) is 4.62. The second kappa shape index (κ2) is 10.6. The van der Waals surface area contributed by atoms with Crippen molar-refractivity contribution in [2.24, 2.45) is 5.92 Å². The predicted octanol–water partition coefficient (Wildman–Crippen LogP) is 4.55. The van der Waals surface area contributed by atoms with Crippen molar-refractivity contribution in [1.82, 2.24) is 0 Å². The van der Waals surface area contributed by atoms with Crippen molar-refractivity contribution in [3.63, 3.8) is 0 Å². The molecule has 2 heterocycles. The van der Waals surface area contributed by atoms with Gasteiger partial charge in [0.2, 0.25) is 5.91 Å². The third-order valence-corrected chi connectivity index (χ3v) is 6.75. The topological polar surface area (TPSA) is 86.8 Å². The van der Waals surface area contributed by atoms with Crippen LogP contribution in [0.15, 0.2) is 66.7 Å². The minimum atomic E-state index is -1.01. The number of hydrogen-bond acceptors (Lipinski definition) is 8. The van der Waals surface area contributed by atoms with Crippen molar-refractivity contribution in [1.29, 1.82) is 0 Å². The van der Waals surface area contributed by atoms with E-state index in [-0.39, 0.29) is 5.91 Å². The highest BCUT2D eigenvalue weighted by atomic mass is 16.7. The van der Waals surface area contributed by atoms with E-state index in [0.717, 1.165) is 6.42 Å². The first kappa shape index (κ1) is 25.4. The van der Waals surface area contributed by atoms with Crippen LogP contribution in [0.3, 0.4) is 0 Å². The molecule has 0 spiro atoms. The highest BCUT2D eigenvalue weighted by Gasteiger charge is 2.61. The molecule has 3 atom stereocenters. The number of ether oxygens (including phenoxy) is 4. The smallest absolute Gasteiger partial charge is 0.266 e. The largest absolute Gasteiger partial charge is 0.496 e. The summed E-state index contributed by atoms with van der Waals surface area (Å²) in [5, 5.41) is 1.62. The lowest BCUT2D eigenvalue weighted by molar-refractivity contribution is -0.126. The van der Waals surface area contributed by atoms with E-state index in [2.05, 4.69) is 0 Å². The maximum atomic E-state index is 14.0. The Morgan fingerprint density at radius 1 is 0.789 bits per heavy atom. The Morgan fingerprint density at radius 3 is 2.08 bits per heavy atom. The molecule has 3 aromatic carbocycles. The van der Waals surface area contributed by atoms with Crippen LogP contribution in [-0.2, 0) is 14.4 Å². The summed E-state index contributed by atoms with van der Waals surface area (Å²) in [6.07, 6.45) is -0.133. The number of hydroxylamine groups is 1. The molecule has 5 rings (SSSR count). The van der Waals surface area contributed by atoms with Crippen LogP contribution in [0.4, 0.5) is 11.4 Å². The molecule has 2 aliphatic heterocycles. The van der Waals surface area contributed by atoms with E-state index in [4.69, 9.17) is 23.8 Å². The Hall–Kier alpha value is -4.24. The van der Waals surface area contributed by atoms with Gasteiger partial charge in [-0.1, -0.05) is 25.1 Å². The number of hydrogen-bond donors (Lipinski definition) is 0. The Labute approximate surface area is 221 Å². The first-order valence-electron chi connectivity index (χ1n) is 12.4. The van der Waals surface area contributed by atoms with Crippen LogP contribution in [0.5, 0.6) is 23.0 Å². The number of rotatable bonds is 9. The van der Waals surface area contributed by atoms with E-state index in [0.29, 0.717) is 46.5 Å². The number of imide groups is 1. The normalized spacial score (nSPS) is 20.5. The lowest BCUT2D eigenvalue weighted by Gasteiger charge is -2.30. The summed E-state index contributed by atoms with van der Waals surface area (Å²) >= 11 is 0. The summed E-state index contributed by atoms with van der Waals surface area (Å²) in [4.78, 5) is 35.0. The molecule has 0 bridgehead atoms. The van der Waals surface area contributed by atoms with E-state index in [1.54, 1.807) is 48.6 Å². The molecule has 9 heteroatoms. The van der Waals surface area contributed by atoms with E-state index in [1.165, 1.54) is 19.1 Å². The van der Waals surface area contributed by atoms with Crippen molar-refractivity contribution in [2.45, 2.75) is 25.5 Å². The van der Waals surface area contributed by atoms with Gasteiger partial charge in [0.15, 0.2) is 17.6 Å².